The number of nitrogens with one attached hydrogen (secondary N) is 1. The van der Waals surface area contributed by atoms with Gasteiger partial charge in [0.15, 0.2) is 0 Å². The van der Waals surface area contributed by atoms with Crippen LogP contribution in [-0.4, -0.2) is 10.8 Å². The molecule has 21 heavy (non-hydrogen) atoms. The van der Waals surface area contributed by atoms with E-state index < -0.39 is 4.92 Å². The molecule has 0 heterocycles. The Morgan fingerprint density at radius 1 is 1.10 bits per heavy atom. The van der Waals surface area contributed by atoms with Crippen LogP contribution in [0.1, 0.15) is 25.7 Å². The highest BCUT2D eigenvalue weighted by Gasteiger charge is 2.53. The van der Waals surface area contributed by atoms with E-state index in [-0.39, 0.29) is 17.5 Å². The molecule has 110 valence electrons. The molecule has 2 aliphatic carbocycles. The Labute approximate surface area is 123 Å². The Kier molecular flexibility index (Phi) is 3.73. The lowest BCUT2D eigenvalue weighted by Gasteiger charge is -2.04. The molecule has 2 atom stereocenters. The third kappa shape index (κ3) is 2.96. The van der Waals surface area contributed by atoms with Crippen molar-refractivity contribution in [3.05, 3.63) is 46.5 Å². The average molecular weight is 286 g/mol. The Morgan fingerprint density at radius 2 is 1.67 bits per heavy atom. The molecule has 1 aromatic rings. The summed E-state index contributed by atoms with van der Waals surface area (Å²) in [4.78, 5) is 22.5. The molecule has 3 rings (SSSR count). The lowest BCUT2D eigenvalue weighted by molar-refractivity contribution is -0.384. The first-order chi connectivity index (χ1) is 10.2. The lowest BCUT2D eigenvalue weighted by atomic mass is 10.1. The van der Waals surface area contributed by atoms with E-state index in [0.717, 1.165) is 25.7 Å². The fourth-order valence-corrected chi connectivity index (χ4v) is 3.33. The van der Waals surface area contributed by atoms with Crippen molar-refractivity contribution in [2.24, 2.45) is 17.8 Å². The SMILES string of the molecule is O=C(Nc1ccc([N+](=O)[O-])cc1)C1[C@@H]2CC/C=C\CC[C@@H]12. The third-order valence-corrected chi connectivity index (χ3v) is 4.48. The van der Waals surface area contributed by atoms with Gasteiger partial charge in [0.25, 0.3) is 5.69 Å². The lowest BCUT2D eigenvalue weighted by Crippen LogP contribution is -2.15. The molecule has 1 amide bonds. The van der Waals surface area contributed by atoms with Gasteiger partial charge >= 0.3 is 0 Å². The van der Waals surface area contributed by atoms with Gasteiger partial charge in [0.2, 0.25) is 5.91 Å². The number of nitrogens with zero attached hydrogens (tertiary/aromatic N) is 1. The van der Waals surface area contributed by atoms with E-state index in [4.69, 9.17) is 0 Å². The van der Waals surface area contributed by atoms with Crippen LogP contribution in [0.3, 0.4) is 0 Å². The van der Waals surface area contributed by atoms with Crippen LogP contribution in [0.5, 0.6) is 0 Å². The number of amides is 1. The fourth-order valence-electron chi connectivity index (χ4n) is 3.33. The molecule has 2 aliphatic rings. The van der Waals surface area contributed by atoms with Crippen molar-refractivity contribution in [1.29, 1.82) is 0 Å². The largest absolute Gasteiger partial charge is 0.326 e. The average Bonchev–Trinajstić information content (AvgIpc) is 3.10. The third-order valence-electron chi connectivity index (χ3n) is 4.48. The molecule has 0 spiro atoms. The maximum absolute atomic E-state index is 12.3. The first kappa shape index (κ1) is 13.8. The second kappa shape index (κ2) is 5.68. The van der Waals surface area contributed by atoms with Crippen molar-refractivity contribution in [3.63, 3.8) is 0 Å². The molecular weight excluding hydrogens is 268 g/mol. The molecule has 0 unspecified atom stereocenters. The van der Waals surface area contributed by atoms with Gasteiger partial charge < -0.3 is 5.32 Å². The Hall–Kier alpha value is -2.17. The number of benzene rings is 1. The summed E-state index contributed by atoms with van der Waals surface area (Å²) in [5, 5.41) is 13.5. The van der Waals surface area contributed by atoms with Gasteiger partial charge in [-0.2, -0.15) is 0 Å². The monoisotopic (exact) mass is 286 g/mol. The summed E-state index contributed by atoms with van der Waals surface area (Å²) in [6, 6.07) is 6.00. The number of nitro benzene ring substituents is 1. The quantitative estimate of drug-likeness (QED) is 0.525. The first-order valence-electron chi connectivity index (χ1n) is 7.37. The number of hydrogen-bond donors (Lipinski definition) is 1. The summed E-state index contributed by atoms with van der Waals surface area (Å²) in [6.45, 7) is 0. The van der Waals surface area contributed by atoms with Gasteiger partial charge in [-0.05, 0) is 49.7 Å². The highest BCUT2D eigenvalue weighted by Crippen LogP contribution is 2.53. The predicted molar refractivity (Wildman–Crippen MR) is 79.8 cm³/mol. The van der Waals surface area contributed by atoms with Crippen LogP contribution in [0.4, 0.5) is 11.4 Å². The number of carbonyl (C=O) groups excluding carboxylic acids is 1. The van der Waals surface area contributed by atoms with Gasteiger partial charge in [-0.15, -0.1) is 0 Å². The van der Waals surface area contributed by atoms with E-state index in [0.29, 0.717) is 17.5 Å². The second-order valence-electron chi connectivity index (χ2n) is 5.77. The van der Waals surface area contributed by atoms with Crippen LogP contribution >= 0.6 is 0 Å². The molecule has 5 nitrogen and oxygen atoms in total. The summed E-state index contributed by atoms with van der Waals surface area (Å²) in [7, 11) is 0. The molecule has 0 aromatic heterocycles. The summed E-state index contributed by atoms with van der Waals surface area (Å²) < 4.78 is 0. The maximum atomic E-state index is 12.3. The van der Waals surface area contributed by atoms with Crippen LogP contribution in [0.25, 0.3) is 0 Å². The number of rotatable bonds is 3. The van der Waals surface area contributed by atoms with Gasteiger partial charge in [-0.25, -0.2) is 0 Å². The number of nitro groups is 1. The van der Waals surface area contributed by atoms with Crippen molar-refractivity contribution in [2.45, 2.75) is 25.7 Å². The van der Waals surface area contributed by atoms with Gasteiger partial charge in [-0.3, -0.25) is 14.9 Å². The smallest absolute Gasteiger partial charge is 0.269 e. The van der Waals surface area contributed by atoms with Crippen molar-refractivity contribution < 1.29 is 9.72 Å². The van der Waals surface area contributed by atoms with Gasteiger partial charge in [0.05, 0.1) is 4.92 Å². The molecule has 1 fully saturated rings. The van der Waals surface area contributed by atoms with Crippen LogP contribution < -0.4 is 5.32 Å². The van der Waals surface area contributed by atoms with Crippen LogP contribution in [-0.2, 0) is 4.79 Å². The van der Waals surface area contributed by atoms with Crippen molar-refractivity contribution in [1.82, 2.24) is 0 Å². The fraction of sp³-hybridized carbons (Fsp3) is 0.438. The Bertz CT molecular complexity index is 564. The zero-order valence-electron chi connectivity index (χ0n) is 11.7. The minimum absolute atomic E-state index is 0.0344. The van der Waals surface area contributed by atoms with Crippen LogP contribution in [0.15, 0.2) is 36.4 Å². The van der Waals surface area contributed by atoms with E-state index in [9.17, 15) is 14.9 Å². The van der Waals surface area contributed by atoms with Crippen molar-refractivity contribution in [2.75, 3.05) is 5.32 Å². The second-order valence-corrected chi connectivity index (χ2v) is 5.77. The molecule has 0 saturated heterocycles. The maximum Gasteiger partial charge on any atom is 0.269 e. The van der Waals surface area contributed by atoms with E-state index in [1.54, 1.807) is 12.1 Å². The number of anilines is 1. The normalized spacial score (nSPS) is 28.7. The first-order valence-corrected chi connectivity index (χ1v) is 7.37. The number of carbonyl (C=O) groups is 1. The summed E-state index contributed by atoms with van der Waals surface area (Å²) in [6.07, 6.45) is 8.70. The highest BCUT2D eigenvalue weighted by atomic mass is 16.6. The molecule has 1 aromatic carbocycles. The number of non-ortho nitro benzene ring substituents is 1. The molecule has 0 bridgehead atoms. The molecule has 1 N–H and O–H groups in total. The zero-order valence-corrected chi connectivity index (χ0v) is 11.7. The molecule has 0 aliphatic heterocycles. The number of hydrogen-bond acceptors (Lipinski definition) is 3. The summed E-state index contributed by atoms with van der Waals surface area (Å²) in [5.74, 6) is 1.18. The summed E-state index contributed by atoms with van der Waals surface area (Å²) >= 11 is 0. The highest BCUT2D eigenvalue weighted by molar-refractivity contribution is 5.95. The molecular formula is C16H18N2O3. The van der Waals surface area contributed by atoms with E-state index in [2.05, 4.69) is 17.5 Å². The van der Waals surface area contributed by atoms with Crippen molar-refractivity contribution in [3.8, 4) is 0 Å². The Balaban J connectivity index is 1.61. The summed E-state index contributed by atoms with van der Waals surface area (Å²) in [5.41, 5.74) is 0.662. The molecule has 1 saturated carbocycles. The topological polar surface area (TPSA) is 72.2 Å². The van der Waals surface area contributed by atoms with Crippen molar-refractivity contribution >= 4 is 17.3 Å². The van der Waals surface area contributed by atoms with Gasteiger partial charge in [0.1, 0.15) is 0 Å². The van der Waals surface area contributed by atoms with E-state index >= 15 is 0 Å². The number of fused-ring (bicyclic) bond motifs is 1. The minimum Gasteiger partial charge on any atom is -0.326 e. The van der Waals surface area contributed by atoms with E-state index in [1.165, 1.54) is 12.1 Å². The zero-order chi connectivity index (χ0) is 14.8. The minimum atomic E-state index is -0.443. The molecule has 5 heteroatoms. The van der Waals surface area contributed by atoms with Crippen LogP contribution in [0.2, 0.25) is 0 Å². The Morgan fingerprint density at radius 3 is 2.19 bits per heavy atom. The van der Waals surface area contributed by atoms with Gasteiger partial charge in [-0.1, -0.05) is 12.2 Å². The van der Waals surface area contributed by atoms with E-state index in [1.807, 2.05) is 0 Å². The standard InChI is InChI=1S/C16H18N2O3/c19-16(15-13-5-3-1-2-4-6-14(13)15)17-11-7-9-12(10-8-11)18(20)21/h1-2,7-10,13-15H,3-6H2,(H,17,19)/b2-1-/t13-,14-/m1/s1. The molecule has 0 radical (unpaired) electrons. The predicted octanol–water partition coefficient (Wildman–Crippen LogP) is 3.53. The van der Waals surface area contributed by atoms with Gasteiger partial charge in [0, 0.05) is 23.7 Å². The van der Waals surface area contributed by atoms with Crippen LogP contribution in [0, 0.1) is 27.9 Å². The number of allylic oxidation sites excluding steroid dienone is 2.